The Hall–Kier alpha value is -1.94. The van der Waals surface area contributed by atoms with Gasteiger partial charge in [0.05, 0.1) is 18.9 Å². The van der Waals surface area contributed by atoms with Gasteiger partial charge in [-0.2, -0.15) is 0 Å². The summed E-state index contributed by atoms with van der Waals surface area (Å²) in [5, 5.41) is 0. The summed E-state index contributed by atoms with van der Waals surface area (Å²) in [5.74, 6) is 1.35. The summed E-state index contributed by atoms with van der Waals surface area (Å²) in [6.45, 7) is 2.02. The highest BCUT2D eigenvalue weighted by Crippen LogP contribution is 2.28. The van der Waals surface area contributed by atoms with Crippen LogP contribution in [0.25, 0.3) is 0 Å². The topological polar surface area (TPSA) is 29.5 Å². The van der Waals surface area contributed by atoms with Gasteiger partial charge in [0, 0.05) is 17.5 Å². The Bertz CT molecular complexity index is 615. The van der Waals surface area contributed by atoms with Crippen molar-refractivity contribution in [3.8, 4) is 5.75 Å². The van der Waals surface area contributed by atoms with E-state index in [9.17, 15) is 4.79 Å². The van der Waals surface area contributed by atoms with Crippen molar-refractivity contribution < 1.29 is 9.53 Å². The highest BCUT2D eigenvalue weighted by Gasteiger charge is 2.20. The van der Waals surface area contributed by atoms with Gasteiger partial charge in [0.15, 0.2) is 0 Å². The van der Waals surface area contributed by atoms with Gasteiger partial charge in [-0.3, -0.25) is 4.79 Å². The Morgan fingerprint density at radius 3 is 2.45 bits per heavy atom. The molecular formula is C18H21NO2S. The molecule has 2 aromatic rings. The normalized spacial score (nSPS) is 11.8. The zero-order chi connectivity index (χ0) is 15.9. The van der Waals surface area contributed by atoms with Crippen LogP contribution >= 0.6 is 11.8 Å². The van der Waals surface area contributed by atoms with Crippen molar-refractivity contribution >= 4 is 17.7 Å². The van der Waals surface area contributed by atoms with Crippen molar-refractivity contribution in [2.45, 2.75) is 17.9 Å². The third-order valence-electron chi connectivity index (χ3n) is 3.67. The van der Waals surface area contributed by atoms with Gasteiger partial charge in [-0.1, -0.05) is 36.4 Å². The molecule has 0 spiro atoms. The lowest BCUT2D eigenvalue weighted by molar-refractivity contribution is -0.128. The molecule has 0 N–H and O–H groups in total. The van der Waals surface area contributed by atoms with Crippen molar-refractivity contribution in [3.63, 3.8) is 0 Å². The summed E-state index contributed by atoms with van der Waals surface area (Å²) in [6.07, 6.45) is 0. The van der Waals surface area contributed by atoms with E-state index in [1.165, 1.54) is 0 Å². The number of hydrogen-bond donors (Lipinski definition) is 0. The molecule has 4 heteroatoms. The van der Waals surface area contributed by atoms with Crippen LogP contribution in [0, 0.1) is 0 Å². The first-order valence-electron chi connectivity index (χ1n) is 7.20. The first-order chi connectivity index (χ1) is 10.6. The second kappa shape index (κ2) is 7.90. The molecule has 0 saturated carbocycles. The number of carbonyl (C=O) groups is 1. The van der Waals surface area contributed by atoms with Crippen molar-refractivity contribution in [2.24, 2.45) is 0 Å². The van der Waals surface area contributed by atoms with E-state index in [-0.39, 0.29) is 11.9 Å². The second-order valence-electron chi connectivity index (χ2n) is 5.02. The fraction of sp³-hybridized carbons (Fsp3) is 0.278. The van der Waals surface area contributed by atoms with Crippen LogP contribution < -0.4 is 4.74 Å². The minimum Gasteiger partial charge on any atom is -0.496 e. The monoisotopic (exact) mass is 315 g/mol. The molecule has 0 aromatic heterocycles. The molecule has 2 rings (SSSR count). The maximum atomic E-state index is 12.4. The summed E-state index contributed by atoms with van der Waals surface area (Å²) >= 11 is 1.56. The number of benzene rings is 2. The van der Waals surface area contributed by atoms with Crippen LogP contribution in [0.3, 0.4) is 0 Å². The smallest absolute Gasteiger partial charge is 0.233 e. The maximum Gasteiger partial charge on any atom is 0.233 e. The van der Waals surface area contributed by atoms with E-state index in [2.05, 4.69) is 0 Å². The molecule has 0 fully saturated rings. The Balaban J connectivity index is 2.00. The summed E-state index contributed by atoms with van der Waals surface area (Å²) in [6, 6.07) is 17.8. The van der Waals surface area contributed by atoms with E-state index in [1.807, 2.05) is 68.6 Å². The van der Waals surface area contributed by atoms with Crippen LogP contribution in [0.5, 0.6) is 5.75 Å². The summed E-state index contributed by atoms with van der Waals surface area (Å²) < 4.78 is 5.38. The molecule has 1 atom stereocenters. The van der Waals surface area contributed by atoms with Gasteiger partial charge >= 0.3 is 0 Å². The molecule has 116 valence electrons. The SMILES string of the molecule is COc1ccccc1C(C)N(C)C(=O)CSc1ccccc1. The fourth-order valence-electron chi connectivity index (χ4n) is 2.20. The van der Waals surface area contributed by atoms with Gasteiger partial charge in [-0.15, -0.1) is 11.8 Å². The molecule has 3 nitrogen and oxygen atoms in total. The van der Waals surface area contributed by atoms with E-state index in [0.717, 1.165) is 16.2 Å². The number of nitrogens with zero attached hydrogens (tertiary/aromatic N) is 1. The van der Waals surface area contributed by atoms with Crippen LogP contribution in [-0.4, -0.2) is 30.7 Å². The van der Waals surface area contributed by atoms with E-state index in [1.54, 1.807) is 23.8 Å². The van der Waals surface area contributed by atoms with Gasteiger partial charge in [-0.25, -0.2) is 0 Å². The Morgan fingerprint density at radius 1 is 1.14 bits per heavy atom. The van der Waals surface area contributed by atoms with Gasteiger partial charge in [0.25, 0.3) is 0 Å². The van der Waals surface area contributed by atoms with Crippen molar-refractivity contribution in [3.05, 3.63) is 60.2 Å². The highest BCUT2D eigenvalue weighted by atomic mass is 32.2. The van der Waals surface area contributed by atoms with Crippen molar-refractivity contribution in [1.29, 1.82) is 0 Å². The average Bonchev–Trinajstić information content (AvgIpc) is 2.59. The predicted molar refractivity (Wildman–Crippen MR) is 91.3 cm³/mol. The molecule has 0 aliphatic heterocycles. The molecule has 0 heterocycles. The molecule has 0 saturated heterocycles. The fourth-order valence-corrected chi connectivity index (χ4v) is 3.04. The first kappa shape index (κ1) is 16.4. The number of thioether (sulfide) groups is 1. The third-order valence-corrected chi connectivity index (χ3v) is 4.67. The lowest BCUT2D eigenvalue weighted by Gasteiger charge is -2.26. The van der Waals surface area contributed by atoms with Crippen LogP contribution in [0.1, 0.15) is 18.5 Å². The summed E-state index contributed by atoms with van der Waals surface area (Å²) in [7, 11) is 3.49. The average molecular weight is 315 g/mol. The number of rotatable bonds is 6. The Kier molecular flexibility index (Phi) is 5.90. The van der Waals surface area contributed by atoms with Crippen LogP contribution in [-0.2, 0) is 4.79 Å². The van der Waals surface area contributed by atoms with Crippen LogP contribution in [0.2, 0.25) is 0 Å². The molecule has 0 radical (unpaired) electrons. The Morgan fingerprint density at radius 2 is 1.77 bits per heavy atom. The number of para-hydroxylation sites is 1. The van der Waals surface area contributed by atoms with Gasteiger partial charge in [0.1, 0.15) is 5.75 Å². The lowest BCUT2D eigenvalue weighted by atomic mass is 10.1. The molecule has 0 aliphatic rings. The molecule has 22 heavy (non-hydrogen) atoms. The first-order valence-corrected chi connectivity index (χ1v) is 8.18. The van der Waals surface area contributed by atoms with E-state index in [0.29, 0.717) is 5.75 Å². The molecular weight excluding hydrogens is 294 g/mol. The van der Waals surface area contributed by atoms with Gasteiger partial charge < -0.3 is 9.64 Å². The minimum absolute atomic E-state index is 0.0278. The van der Waals surface area contributed by atoms with Crippen molar-refractivity contribution in [2.75, 3.05) is 19.9 Å². The summed E-state index contributed by atoms with van der Waals surface area (Å²) in [4.78, 5) is 15.3. The predicted octanol–water partition coefficient (Wildman–Crippen LogP) is 4.01. The zero-order valence-electron chi connectivity index (χ0n) is 13.2. The molecule has 0 bridgehead atoms. The second-order valence-corrected chi connectivity index (χ2v) is 6.07. The minimum atomic E-state index is -0.0278. The van der Waals surface area contributed by atoms with Gasteiger partial charge in [-0.05, 0) is 25.1 Å². The van der Waals surface area contributed by atoms with Crippen LogP contribution in [0.4, 0.5) is 0 Å². The quantitative estimate of drug-likeness (QED) is 0.754. The number of methoxy groups -OCH3 is 1. The molecule has 2 aromatic carbocycles. The lowest BCUT2D eigenvalue weighted by Crippen LogP contribution is -2.31. The molecule has 1 amide bonds. The number of ether oxygens (including phenoxy) is 1. The zero-order valence-corrected chi connectivity index (χ0v) is 14.0. The standard InChI is InChI=1S/C18H21NO2S/c1-14(16-11-7-8-12-17(16)21-3)19(2)18(20)13-22-15-9-5-4-6-10-15/h4-12,14H,13H2,1-3H3. The highest BCUT2D eigenvalue weighted by molar-refractivity contribution is 8.00. The number of carbonyl (C=O) groups excluding carboxylic acids is 1. The van der Waals surface area contributed by atoms with Crippen molar-refractivity contribution in [1.82, 2.24) is 4.90 Å². The Labute approximate surface area is 136 Å². The van der Waals surface area contributed by atoms with E-state index >= 15 is 0 Å². The summed E-state index contributed by atoms with van der Waals surface area (Å²) in [5.41, 5.74) is 1.02. The van der Waals surface area contributed by atoms with Gasteiger partial charge in [0.2, 0.25) is 5.91 Å². The third kappa shape index (κ3) is 4.04. The molecule has 1 unspecified atom stereocenters. The number of amides is 1. The van der Waals surface area contributed by atoms with E-state index in [4.69, 9.17) is 4.74 Å². The van der Waals surface area contributed by atoms with E-state index < -0.39 is 0 Å². The molecule has 0 aliphatic carbocycles. The largest absolute Gasteiger partial charge is 0.496 e. The maximum absolute atomic E-state index is 12.4. The number of hydrogen-bond acceptors (Lipinski definition) is 3. The van der Waals surface area contributed by atoms with Crippen LogP contribution in [0.15, 0.2) is 59.5 Å².